The van der Waals surface area contributed by atoms with Crippen molar-refractivity contribution >= 4 is 17.5 Å². The normalized spacial score (nSPS) is 19.6. The average Bonchev–Trinajstić information content (AvgIpc) is 3.43. The minimum Gasteiger partial charge on any atom is -0.376 e. The van der Waals surface area contributed by atoms with Gasteiger partial charge in [-0.3, -0.25) is 9.59 Å². The molecule has 2 aromatic rings. The van der Waals surface area contributed by atoms with E-state index in [-0.39, 0.29) is 17.9 Å². The number of carbonyl (C=O) groups excluding carboxylic acids is 2. The summed E-state index contributed by atoms with van der Waals surface area (Å²) in [6.45, 7) is 2.52. The highest BCUT2D eigenvalue weighted by Gasteiger charge is 2.22. The predicted molar refractivity (Wildman–Crippen MR) is 98.2 cm³/mol. The van der Waals surface area contributed by atoms with Crippen LogP contribution in [-0.2, 0) is 22.6 Å². The summed E-state index contributed by atoms with van der Waals surface area (Å²) in [6, 6.07) is 7.70. The predicted octanol–water partition coefficient (Wildman–Crippen LogP) is 1.51. The fourth-order valence-corrected chi connectivity index (χ4v) is 3.52. The Labute approximate surface area is 157 Å². The molecule has 3 heterocycles. The number of ether oxygens (including phenoxy) is 1. The average molecular weight is 369 g/mol. The lowest BCUT2D eigenvalue weighted by Gasteiger charge is -2.16. The molecule has 2 aliphatic heterocycles. The number of anilines is 1. The summed E-state index contributed by atoms with van der Waals surface area (Å²) in [5, 5.41) is 10.8. The Morgan fingerprint density at radius 3 is 3.04 bits per heavy atom. The summed E-state index contributed by atoms with van der Waals surface area (Å²) in [7, 11) is 0. The highest BCUT2D eigenvalue weighted by atomic mass is 16.5. The van der Waals surface area contributed by atoms with E-state index < -0.39 is 0 Å². The third kappa shape index (κ3) is 4.16. The topological polar surface area (TPSA) is 89.4 Å². The largest absolute Gasteiger partial charge is 0.376 e. The first-order valence-corrected chi connectivity index (χ1v) is 9.38. The van der Waals surface area contributed by atoms with E-state index in [4.69, 9.17) is 4.74 Å². The van der Waals surface area contributed by atoms with Gasteiger partial charge in [0.25, 0.3) is 5.91 Å². The molecule has 8 heteroatoms. The van der Waals surface area contributed by atoms with Gasteiger partial charge in [-0.25, -0.2) is 4.68 Å². The third-order valence-electron chi connectivity index (χ3n) is 4.93. The number of carbonyl (C=O) groups is 2. The first kappa shape index (κ1) is 17.7. The number of amides is 2. The molecule has 1 aromatic heterocycles. The second-order valence-corrected chi connectivity index (χ2v) is 6.96. The highest BCUT2D eigenvalue weighted by molar-refractivity contribution is 5.95. The van der Waals surface area contributed by atoms with E-state index >= 15 is 0 Å². The molecule has 8 nitrogen and oxygen atoms in total. The molecule has 27 heavy (non-hydrogen) atoms. The summed E-state index contributed by atoms with van der Waals surface area (Å²) in [5.74, 6) is -0.115. The molecule has 4 rings (SSSR count). The Morgan fingerprint density at radius 1 is 1.33 bits per heavy atom. The maximum Gasteiger partial charge on any atom is 0.273 e. The molecule has 1 unspecified atom stereocenters. The van der Waals surface area contributed by atoms with Crippen LogP contribution in [0.3, 0.4) is 0 Å². The third-order valence-corrected chi connectivity index (χ3v) is 4.93. The van der Waals surface area contributed by atoms with Gasteiger partial charge in [0.05, 0.1) is 18.8 Å². The van der Waals surface area contributed by atoms with Crippen molar-refractivity contribution in [2.75, 3.05) is 18.1 Å². The minimum atomic E-state index is -0.267. The Balaban J connectivity index is 1.34. The van der Waals surface area contributed by atoms with Gasteiger partial charge in [-0.05, 0) is 37.0 Å². The van der Waals surface area contributed by atoms with E-state index in [0.717, 1.165) is 43.7 Å². The van der Waals surface area contributed by atoms with Crippen LogP contribution in [-0.4, -0.2) is 46.1 Å². The van der Waals surface area contributed by atoms with E-state index in [1.807, 2.05) is 24.3 Å². The zero-order valence-corrected chi connectivity index (χ0v) is 15.1. The molecule has 1 aromatic carbocycles. The number of nitrogens with zero attached hydrogens (tertiary/aromatic N) is 4. The summed E-state index contributed by atoms with van der Waals surface area (Å²) < 4.78 is 7.23. The lowest BCUT2D eigenvalue weighted by Crippen LogP contribution is -2.25. The molecule has 142 valence electrons. The second-order valence-electron chi connectivity index (χ2n) is 6.96. The molecule has 2 saturated heterocycles. The first-order valence-electron chi connectivity index (χ1n) is 9.38. The molecule has 1 atom stereocenters. The summed E-state index contributed by atoms with van der Waals surface area (Å²) >= 11 is 0. The molecule has 0 bridgehead atoms. The lowest BCUT2D eigenvalue weighted by molar-refractivity contribution is -0.117. The maximum atomic E-state index is 12.3. The first-order chi connectivity index (χ1) is 13.2. The van der Waals surface area contributed by atoms with Crippen molar-refractivity contribution in [3.05, 3.63) is 41.7 Å². The molecule has 0 spiro atoms. The van der Waals surface area contributed by atoms with Gasteiger partial charge >= 0.3 is 0 Å². The second kappa shape index (κ2) is 7.87. The van der Waals surface area contributed by atoms with Gasteiger partial charge in [0, 0.05) is 31.8 Å². The monoisotopic (exact) mass is 369 g/mol. The van der Waals surface area contributed by atoms with E-state index in [9.17, 15) is 9.59 Å². The van der Waals surface area contributed by atoms with Crippen molar-refractivity contribution in [3.63, 3.8) is 0 Å². The van der Waals surface area contributed by atoms with E-state index in [1.165, 1.54) is 0 Å². The van der Waals surface area contributed by atoms with Crippen LogP contribution in [0.15, 0.2) is 30.5 Å². The molecular formula is C19H23N5O3. The Hall–Kier alpha value is -2.74. The zero-order chi connectivity index (χ0) is 18.6. The number of hydrogen-bond acceptors (Lipinski definition) is 5. The van der Waals surface area contributed by atoms with E-state index in [2.05, 4.69) is 15.6 Å². The SMILES string of the molecule is O=C(NCc1cccc(N2CCCC2=O)c1)c1cn(CC2CCCO2)nn1. The highest BCUT2D eigenvalue weighted by Crippen LogP contribution is 2.22. The van der Waals surface area contributed by atoms with Crippen LogP contribution in [0, 0.1) is 0 Å². The van der Waals surface area contributed by atoms with Crippen molar-refractivity contribution in [1.29, 1.82) is 0 Å². The van der Waals surface area contributed by atoms with Gasteiger partial charge in [-0.15, -0.1) is 5.10 Å². The molecule has 2 fully saturated rings. The molecule has 2 aliphatic rings. The van der Waals surface area contributed by atoms with Crippen LogP contribution in [0.5, 0.6) is 0 Å². The van der Waals surface area contributed by atoms with Crippen LogP contribution in [0.4, 0.5) is 5.69 Å². The fourth-order valence-electron chi connectivity index (χ4n) is 3.52. The van der Waals surface area contributed by atoms with Crippen molar-refractivity contribution in [2.24, 2.45) is 0 Å². The number of rotatable bonds is 6. The van der Waals surface area contributed by atoms with Gasteiger partial charge in [0.2, 0.25) is 5.91 Å². The van der Waals surface area contributed by atoms with Crippen LogP contribution >= 0.6 is 0 Å². The fraction of sp³-hybridized carbons (Fsp3) is 0.474. The number of aromatic nitrogens is 3. The van der Waals surface area contributed by atoms with Crippen LogP contribution in [0.1, 0.15) is 41.7 Å². The summed E-state index contributed by atoms with van der Waals surface area (Å²) in [4.78, 5) is 26.0. The molecule has 0 radical (unpaired) electrons. The minimum absolute atomic E-state index is 0.152. The van der Waals surface area contributed by atoms with Crippen LogP contribution < -0.4 is 10.2 Å². The number of benzene rings is 1. The summed E-state index contributed by atoms with van der Waals surface area (Å²) in [5.41, 5.74) is 2.11. The van der Waals surface area contributed by atoms with Gasteiger partial charge in [0.1, 0.15) is 0 Å². The van der Waals surface area contributed by atoms with Crippen molar-refractivity contribution in [3.8, 4) is 0 Å². The molecule has 0 saturated carbocycles. The van der Waals surface area contributed by atoms with Crippen molar-refractivity contribution < 1.29 is 14.3 Å². The molecule has 2 amide bonds. The quantitative estimate of drug-likeness (QED) is 0.834. The van der Waals surface area contributed by atoms with Gasteiger partial charge in [-0.2, -0.15) is 0 Å². The van der Waals surface area contributed by atoms with Gasteiger partial charge in [0.15, 0.2) is 5.69 Å². The Kier molecular flexibility index (Phi) is 5.15. The van der Waals surface area contributed by atoms with E-state index in [0.29, 0.717) is 25.2 Å². The number of nitrogens with one attached hydrogen (secondary N) is 1. The molecular weight excluding hydrogens is 346 g/mol. The lowest BCUT2D eigenvalue weighted by atomic mass is 10.2. The molecule has 0 aliphatic carbocycles. The molecule has 1 N–H and O–H groups in total. The Bertz CT molecular complexity index is 828. The maximum absolute atomic E-state index is 12.3. The van der Waals surface area contributed by atoms with Crippen LogP contribution in [0.2, 0.25) is 0 Å². The Morgan fingerprint density at radius 2 is 2.26 bits per heavy atom. The summed E-state index contributed by atoms with van der Waals surface area (Å²) in [6.07, 6.45) is 5.37. The van der Waals surface area contributed by atoms with Gasteiger partial charge in [-0.1, -0.05) is 17.3 Å². The van der Waals surface area contributed by atoms with E-state index in [1.54, 1.807) is 15.8 Å². The standard InChI is InChI=1S/C19H23N5O3/c25-18-7-2-8-24(18)15-5-1-4-14(10-15)11-20-19(26)17-13-23(22-21-17)12-16-6-3-9-27-16/h1,4-5,10,13,16H,2-3,6-9,11-12H2,(H,20,26). The smallest absolute Gasteiger partial charge is 0.273 e. The van der Waals surface area contributed by atoms with Crippen molar-refractivity contribution in [2.45, 2.75) is 44.9 Å². The van der Waals surface area contributed by atoms with Crippen molar-refractivity contribution in [1.82, 2.24) is 20.3 Å². The van der Waals surface area contributed by atoms with Gasteiger partial charge < -0.3 is 15.0 Å². The zero-order valence-electron chi connectivity index (χ0n) is 15.1. The van der Waals surface area contributed by atoms with Crippen LogP contribution in [0.25, 0.3) is 0 Å². The number of hydrogen-bond donors (Lipinski definition) is 1.